The number of aliphatic imine (C=N–C) groups is 1. The van der Waals surface area contributed by atoms with Crippen molar-refractivity contribution in [2.45, 2.75) is 12.8 Å². The van der Waals surface area contributed by atoms with Crippen LogP contribution in [0.25, 0.3) is 0 Å². The predicted octanol–water partition coefficient (Wildman–Crippen LogP) is -1.00. The number of rotatable bonds is 0. The molecule has 2 amide bonds. The van der Waals surface area contributed by atoms with Crippen LogP contribution in [0.1, 0.15) is 12.8 Å². The fourth-order valence-electron chi connectivity index (χ4n) is 1.28. The zero-order valence-corrected chi connectivity index (χ0v) is 6.68. The van der Waals surface area contributed by atoms with Gasteiger partial charge in [0, 0.05) is 7.05 Å². The average molecular weight is 167 g/mol. The highest BCUT2D eigenvalue weighted by Crippen LogP contribution is 2.46. The van der Waals surface area contributed by atoms with Crippen molar-refractivity contribution in [2.24, 2.45) is 10.4 Å². The molecule has 0 aromatic carbocycles. The molecule has 1 saturated heterocycles. The van der Waals surface area contributed by atoms with Gasteiger partial charge in [-0.3, -0.25) is 25.2 Å². The molecular formula is C7H9N3O2. The topological polar surface area (TPSA) is 70.6 Å². The Bertz CT molecular complexity index is 269. The number of hydrogen-bond donors (Lipinski definition) is 2. The number of carbonyl (C=O) groups excluding carboxylic acids is 2. The van der Waals surface area contributed by atoms with E-state index in [9.17, 15) is 9.59 Å². The fourth-order valence-corrected chi connectivity index (χ4v) is 1.28. The summed E-state index contributed by atoms with van der Waals surface area (Å²) in [5, 5.41) is 5.06. The van der Waals surface area contributed by atoms with Crippen LogP contribution in [0.5, 0.6) is 0 Å². The standard InChI is InChI=1S/C7H9N3O2/c1-8-6-9-4(11)7(2-3-7)5(12)10-6/h2-3H2,1H3,(H2,8,9,10,11,12). The molecule has 1 heterocycles. The first kappa shape index (κ1) is 7.27. The van der Waals surface area contributed by atoms with Gasteiger partial charge in [0.2, 0.25) is 17.8 Å². The van der Waals surface area contributed by atoms with Gasteiger partial charge >= 0.3 is 0 Å². The second-order valence-electron chi connectivity index (χ2n) is 3.06. The van der Waals surface area contributed by atoms with Crippen LogP contribution in [-0.2, 0) is 9.59 Å². The molecule has 1 aliphatic heterocycles. The van der Waals surface area contributed by atoms with Crippen LogP contribution in [0.15, 0.2) is 4.99 Å². The van der Waals surface area contributed by atoms with E-state index < -0.39 is 5.41 Å². The minimum absolute atomic E-state index is 0.216. The van der Waals surface area contributed by atoms with E-state index in [1.54, 1.807) is 0 Å². The molecule has 0 aromatic heterocycles. The highest BCUT2D eigenvalue weighted by atomic mass is 16.2. The molecule has 2 fully saturated rings. The largest absolute Gasteiger partial charge is 0.295 e. The second-order valence-corrected chi connectivity index (χ2v) is 3.06. The van der Waals surface area contributed by atoms with Crippen molar-refractivity contribution >= 4 is 17.8 Å². The number of nitrogens with zero attached hydrogens (tertiary/aromatic N) is 1. The zero-order valence-electron chi connectivity index (χ0n) is 6.68. The Labute approximate surface area is 69.2 Å². The Morgan fingerprint density at radius 2 is 1.75 bits per heavy atom. The monoisotopic (exact) mass is 167 g/mol. The maximum Gasteiger partial charge on any atom is 0.242 e. The lowest BCUT2D eigenvalue weighted by atomic mass is 10.0. The molecule has 5 nitrogen and oxygen atoms in total. The van der Waals surface area contributed by atoms with Crippen LogP contribution in [0.3, 0.4) is 0 Å². The van der Waals surface area contributed by atoms with Crippen LogP contribution >= 0.6 is 0 Å². The van der Waals surface area contributed by atoms with Gasteiger partial charge in [0.15, 0.2) is 0 Å². The van der Waals surface area contributed by atoms with E-state index >= 15 is 0 Å². The molecule has 64 valence electrons. The van der Waals surface area contributed by atoms with E-state index in [-0.39, 0.29) is 17.8 Å². The van der Waals surface area contributed by atoms with Crippen molar-refractivity contribution in [3.8, 4) is 0 Å². The molecule has 0 bridgehead atoms. The lowest BCUT2D eigenvalue weighted by molar-refractivity contribution is -0.137. The Balaban J connectivity index is 2.26. The smallest absolute Gasteiger partial charge is 0.242 e. The van der Waals surface area contributed by atoms with Crippen molar-refractivity contribution in [2.75, 3.05) is 7.05 Å². The van der Waals surface area contributed by atoms with Gasteiger partial charge in [0.05, 0.1) is 0 Å². The molecule has 2 aliphatic rings. The predicted molar refractivity (Wildman–Crippen MR) is 41.3 cm³/mol. The van der Waals surface area contributed by atoms with E-state index in [2.05, 4.69) is 15.6 Å². The van der Waals surface area contributed by atoms with Crippen molar-refractivity contribution in [1.29, 1.82) is 0 Å². The van der Waals surface area contributed by atoms with Crippen LogP contribution in [-0.4, -0.2) is 24.8 Å². The molecule has 0 aromatic rings. The molecule has 1 saturated carbocycles. The van der Waals surface area contributed by atoms with Gasteiger partial charge in [-0.05, 0) is 12.8 Å². The Morgan fingerprint density at radius 3 is 2.08 bits per heavy atom. The van der Waals surface area contributed by atoms with E-state index in [4.69, 9.17) is 0 Å². The number of nitrogens with one attached hydrogen (secondary N) is 2. The Hall–Kier alpha value is -1.39. The normalized spacial score (nSPS) is 24.9. The first-order valence-corrected chi connectivity index (χ1v) is 3.79. The van der Waals surface area contributed by atoms with Gasteiger partial charge in [0.1, 0.15) is 5.41 Å². The van der Waals surface area contributed by atoms with E-state index in [0.717, 1.165) is 0 Å². The number of carbonyl (C=O) groups is 2. The van der Waals surface area contributed by atoms with Crippen molar-refractivity contribution in [3.63, 3.8) is 0 Å². The summed E-state index contributed by atoms with van der Waals surface area (Å²) < 4.78 is 0. The zero-order chi connectivity index (χ0) is 8.77. The highest BCUT2D eigenvalue weighted by Gasteiger charge is 2.59. The molecule has 0 radical (unpaired) electrons. The molecule has 2 rings (SSSR count). The van der Waals surface area contributed by atoms with Gasteiger partial charge in [-0.2, -0.15) is 0 Å². The summed E-state index contributed by atoms with van der Waals surface area (Å²) in [5.41, 5.74) is -0.756. The minimum Gasteiger partial charge on any atom is -0.295 e. The number of amides is 2. The van der Waals surface area contributed by atoms with E-state index in [0.29, 0.717) is 12.8 Å². The number of hydrogen-bond acceptors (Lipinski definition) is 3. The fraction of sp³-hybridized carbons (Fsp3) is 0.571. The molecule has 1 aliphatic carbocycles. The average Bonchev–Trinajstić information content (AvgIpc) is 2.81. The Morgan fingerprint density at radius 1 is 1.25 bits per heavy atom. The first-order valence-electron chi connectivity index (χ1n) is 3.79. The summed E-state index contributed by atoms with van der Waals surface area (Å²) in [5.74, 6) is -0.179. The first-order chi connectivity index (χ1) is 5.69. The van der Waals surface area contributed by atoms with E-state index in [1.807, 2.05) is 0 Å². The summed E-state index contributed by atoms with van der Waals surface area (Å²) in [7, 11) is 1.51. The van der Waals surface area contributed by atoms with Gasteiger partial charge in [0.25, 0.3) is 0 Å². The van der Waals surface area contributed by atoms with Crippen molar-refractivity contribution < 1.29 is 9.59 Å². The third kappa shape index (κ3) is 0.760. The van der Waals surface area contributed by atoms with Crippen LogP contribution in [0.4, 0.5) is 0 Å². The van der Waals surface area contributed by atoms with Crippen LogP contribution in [0.2, 0.25) is 0 Å². The third-order valence-corrected chi connectivity index (χ3v) is 2.31. The summed E-state index contributed by atoms with van der Waals surface area (Å²) in [6.45, 7) is 0. The minimum atomic E-state index is -0.756. The quantitative estimate of drug-likeness (QED) is 0.454. The van der Waals surface area contributed by atoms with Crippen LogP contribution < -0.4 is 10.6 Å². The summed E-state index contributed by atoms with van der Waals surface area (Å²) in [6, 6.07) is 0. The molecule has 0 atom stereocenters. The molecule has 5 heteroatoms. The van der Waals surface area contributed by atoms with Gasteiger partial charge in [-0.15, -0.1) is 0 Å². The second kappa shape index (κ2) is 2.06. The summed E-state index contributed by atoms with van der Waals surface area (Å²) >= 11 is 0. The van der Waals surface area contributed by atoms with Gasteiger partial charge < -0.3 is 0 Å². The molecule has 2 N–H and O–H groups in total. The highest BCUT2D eigenvalue weighted by molar-refractivity contribution is 6.22. The maximum atomic E-state index is 11.3. The Kier molecular flexibility index (Phi) is 1.25. The number of guanidine groups is 1. The SMILES string of the molecule is CN=C1NC(=O)C2(CC2)C(=O)N1. The van der Waals surface area contributed by atoms with Gasteiger partial charge in [-0.1, -0.05) is 0 Å². The lowest BCUT2D eigenvalue weighted by Crippen LogP contribution is -2.57. The molecular weight excluding hydrogens is 158 g/mol. The van der Waals surface area contributed by atoms with Gasteiger partial charge in [-0.25, -0.2) is 0 Å². The molecule has 12 heavy (non-hydrogen) atoms. The van der Waals surface area contributed by atoms with E-state index in [1.165, 1.54) is 7.05 Å². The molecule has 0 unspecified atom stereocenters. The summed E-state index contributed by atoms with van der Waals surface area (Å²) in [4.78, 5) is 26.3. The molecule has 1 spiro atoms. The lowest BCUT2D eigenvalue weighted by Gasteiger charge is -2.22. The van der Waals surface area contributed by atoms with Crippen molar-refractivity contribution in [3.05, 3.63) is 0 Å². The van der Waals surface area contributed by atoms with Crippen molar-refractivity contribution in [1.82, 2.24) is 10.6 Å². The maximum absolute atomic E-state index is 11.3. The third-order valence-electron chi connectivity index (χ3n) is 2.31. The summed E-state index contributed by atoms with van der Waals surface area (Å²) in [6.07, 6.45) is 1.31. The van der Waals surface area contributed by atoms with Crippen LogP contribution in [0, 0.1) is 5.41 Å².